The fraction of sp³-hybridized carbons (Fsp3) is 0.917. The Hall–Kier alpha value is -0.330. The predicted molar refractivity (Wildman–Crippen MR) is 79.1 cm³/mol. The zero-order valence-electron chi connectivity index (χ0n) is 11.9. The van der Waals surface area contributed by atoms with Gasteiger partial charge in [0.25, 0.3) is 0 Å². The van der Waals surface area contributed by atoms with Gasteiger partial charge in [-0.05, 0) is 18.3 Å². The number of likely N-dealkylation sites (tertiary alicyclic amines) is 1. The van der Waals surface area contributed by atoms with Crippen LogP contribution in [0.5, 0.6) is 0 Å². The van der Waals surface area contributed by atoms with Crippen molar-refractivity contribution in [2.75, 3.05) is 24.6 Å². The van der Waals surface area contributed by atoms with Crippen LogP contribution in [0.25, 0.3) is 0 Å². The van der Waals surface area contributed by atoms with Gasteiger partial charge >= 0.3 is 0 Å². The van der Waals surface area contributed by atoms with Crippen LogP contribution in [0.4, 0.5) is 0 Å². The Morgan fingerprint density at radius 3 is 2.47 bits per heavy atom. The molecule has 1 aliphatic rings. The lowest BCUT2D eigenvalue weighted by molar-refractivity contribution is -0.131. The first kappa shape index (κ1) is 18.7. The molecule has 114 valence electrons. The van der Waals surface area contributed by atoms with Crippen molar-refractivity contribution < 1.29 is 13.2 Å². The minimum atomic E-state index is -3.25. The predicted octanol–water partition coefficient (Wildman–Crippen LogP) is 0.819. The van der Waals surface area contributed by atoms with Gasteiger partial charge in [0.15, 0.2) is 9.84 Å². The molecule has 1 atom stereocenters. The molecule has 0 aromatic carbocycles. The Morgan fingerprint density at radius 1 is 1.42 bits per heavy atom. The summed E-state index contributed by atoms with van der Waals surface area (Å²) >= 11 is 0. The van der Waals surface area contributed by atoms with Crippen LogP contribution in [0.3, 0.4) is 0 Å². The van der Waals surface area contributed by atoms with Crippen molar-refractivity contribution in [1.82, 2.24) is 4.90 Å². The summed E-state index contributed by atoms with van der Waals surface area (Å²) in [6.45, 7) is 6.92. The number of nitrogens with two attached hydrogens (primary N) is 1. The molecule has 1 unspecified atom stereocenters. The fourth-order valence-corrected chi connectivity index (χ4v) is 3.57. The minimum absolute atomic E-state index is 0. The van der Waals surface area contributed by atoms with E-state index in [4.69, 9.17) is 5.73 Å². The number of piperidine rings is 1. The topological polar surface area (TPSA) is 80.5 Å². The summed E-state index contributed by atoms with van der Waals surface area (Å²) in [6, 6.07) is 0.0637. The average Bonchev–Trinajstić information content (AvgIpc) is 2.21. The molecule has 0 saturated carbocycles. The molecule has 0 spiro atoms. The van der Waals surface area contributed by atoms with Crippen molar-refractivity contribution in [3.05, 3.63) is 0 Å². The van der Waals surface area contributed by atoms with Gasteiger partial charge in [-0.1, -0.05) is 20.8 Å². The van der Waals surface area contributed by atoms with Crippen molar-refractivity contribution in [2.45, 2.75) is 39.7 Å². The molecular weight excluding hydrogens is 288 g/mol. The van der Waals surface area contributed by atoms with Gasteiger partial charge in [0.05, 0.1) is 5.75 Å². The number of nitrogens with zero attached hydrogens (tertiary/aromatic N) is 1. The zero-order valence-corrected chi connectivity index (χ0v) is 13.5. The van der Waals surface area contributed by atoms with Crippen LogP contribution in [0.1, 0.15) is 33.6 Å². The number of hydrogen-bond donors (Lipinski definition) is 1. The lowest BCUT2D eigenvalue weighted by Gasteiger charge is -2.42. The highest BCUT2D eigenvalue weighted by molar-refractivity contribution is 7.92. The van der Waals surface area contributed by atoms with Gasteiger partial charge < -0.3 is 10.6 Å². The maximum absolute atomic E-state index is 12.0. The molecule has 1 aliphatic heterocycles. The van der Waals surface area contributed by atoms with E-state index in [1.165, 1.54) is 0 Å². The van der Waals surface area contributed by atoms with Gasteiger partial charge in [-0.3, -0.25) is 4.79 Å². The third kappa shape index (κ3) is 5.28. The summed E-state index contributed by atoms with van der Waals surface area (Å²) < 4.78 is 23.3. The second-order valence-electron chi connectivity index (χ2n) is 5.79. The van der Waals surface area contributed by atoms with E-state index in [-0.39, 0.29) is 41.3 Å². The van der Waals surface area contributed by atoms with Crippen molar-refractivity contribution >= 4 is 28.2 Å². The first-order chi connectivity index (χ1) is 8.18. The summed E-state index contributed by atoms with van der Waals surface area (Å²) in [5, 5.41) is 0. The molecule has 1 saturated heterocycles. The third-order valence-electron chi connectivity index (χ3n) is 3.52. The van der Waals surface area contributed by atoms with Crippen LogP contribution in [0, 0.1) is 5.41 Å². The first-order valence-electron chi connectivity index (χ1n) is 6.42. The summed E-state index contributed by atoms with van der Waals surface area (Å²) in [5.41, 5.74) is 5.84. The van der Waals surface area contributed by atoms with Crippen LogP contribution in [-0.4, -0.2) is 49.9 Å². The normalized spacial score (nSPS) is 22.7. The summed E-state index contributed by atoms with van der Waals surface area (Å²) in [5.74, 6) is -0.579. The van der Waals surface area contributed by atoms with Crippen LogP contribution < -0.4 is 5.73 Å². The van der Waals surface area contributed by atoms with Crippen molar-refractivity contribution in [2.24, 2.45) is 11.1 Å². The molecule has 1 fully saturated rings. The maximum atomic E-state index is 12.0. The average molecular weight is 313 g/mol. The lowest BCUT2D eigenvalue weighted by atomic mass is 9.80. The van der Waals surface area contributed by atoms with Gasteiger partial charge in [0, 0.05) is 19.1 Å². The van der Waals surface area contributed by atoms with E-state index in [1.54, 1.807) is 11.8 Å². The molecule has 1 heterocycles. The van der Waals surface area contributed by atoms with Gasteiger partial charge in [-0.15, -0.1) is 12.4 Å². The molecule has 7 heteroatoms. The molecule has 0 aromatic rings. The highest BCUT2D eigenvalue weighted by atomic mass is 35.5. The number of sulfone groups is 1. The van der Waals surface area contributed by atoms with E-state index in [9.17, 15) is 13.2 Å². The summed E-state index contributed by atoms with van der Waals surface area (Å²) in [6.07, 6.45) is 1.28. The van der Waals surface area contributed by atoms with Gasteiger partial charge in [-0.25, -0.2) is 8.42 Å². The van der Waals surface area contributed by atoms with E-state index < -0.39 is 9.84 Å². The van der Waals surface area contributed by atoms with E-state index in [1.807, 2.05) is 13.8 Å². The Kier molecular flexibility index (Phi) is 6.78. The van der Waals surface area contributed by atoms with Crippen molar-refractivity contribution in [3.63, 3.8) is 0 Å². The van der Waals surface area contributed by atoms with Crippen LogP contribution >= 0.6 is 12.4 Å². The number of carbonyl (C=O) groups excluding carboxylic acids is 1. The molecule has 0 aliphatic carbocycles. The van der Waals surface area contributed by atoms with E-state index >= 15 is 0 Å². The minimum Gasteiger partial charge on any atom is -0.341 e. The second kappa shape index (κ2) is 6.90. The zero-order chi connectivity index (χ0) is 14.0. The summed E-state index contributed by atoms with van der Waals surface area (Å²) in [4.78, 5) is 13.6. The standard InChI is InChI=1S/C12H24N2O3S.ClH/c1-4-7-18(16,17)8-11(15)14-6-5-10(13)12(2,3)9-14;/h10H,4-9,13H2,1-3H3;1H. The molecule has 0 aromatic heterocycles. The number of rotatable bonds is 4. The van der Waals surface area contributed by atoms with Crippen molar-refractivity contribution in [1.29, 1.82) is 0 Å². The quantitative estimate of drug-likeness (QED) is 0.833. The van der Waals surface area contributed by atoms with Gasteiger partial charge in [0.2, 0.25) is 5.91 Å². The SMILES string of the molecule is CCCS(=O)(=O)CC(=O)N1CCC(N)C(C)(C)C1.Cl. The largest absolute Gasteiger partial charge is 0.341 e. The lowest BCUT2D eigenvalue weighted by Crippen LogP contribution is -2.54. The highest BCUT2D eigenvalue weighted by Crippen LogP contribution is 2.27. The maximum Gasteiger partial charge on any atom is 0.237 e. The molecule has 1 rings (SSSR count). The fourth-order valence-electron chi connectivity index (χ4n) is 2.25. The van der Waals surface area contributed by atoms with Crippen molar-refractivity contribution in [3.8, 4) is 0 Å². The number of amides is 1. The summed E-state index contributed by atoms with van der Waals surface area (Å²) in [7, 11) is -3.25. The Labute approximate surface area is 122 Å². The van der Waals surface area contributed by atoms with E-state index in [0.29, 0.717) is 19.5 Å². The van der Waals surface area contributed by atoms with E-state index in [2.05, 4.69) is 0 Å². The Balaban J connectivity index is 0.00000324. The van der Waals surface area contributed by atoms with Crippen LogP contribution in [0.2, 0.25) is 0 Å². The third-order valence-corrected chi connectivity index (χ3v) is 5.24. The molecule has 5 nitrogen and oxygen atoms in total. The smallest absolute Gasteiger partial charge is 0.237 e. The highest BCUT2D eigenvalue weighted by Gasteiger charge is 2.36. The number of carbonyl (C=O) groups is 1. The molecule has 0 bridgehead atoms. The molecule has 0 radical (unpaired) electrons. The van der Waals surface area contributed by atoms with Gasteiger partial charge in [-0.2, -0.15) is 0 Å². The van der Waals surface area contributed by atoms with Crippen LogP contribution in [-0.2, 0) is 14.6 Å². The van der Waals surface area contributed by atoms with Crippen LogP contribution in [0.15, 0.2) is 0 Å². The van der Waals surface area contributed by atoms with E-state index in [0.717, 1.165) is 6.42 Å². The molecule has 19 heavy (non-hydrogen) atoms. The Morgan fingerprint density at radius 2 is 2.00 bits per heavy atom. The Bertz CT molecular complexity index is 409. The molecule has 2 N–H and O–H groups in total. The number of hydrogen-bond acceptors (Lipinski definition) is 4. The van der Waals surface area contributed by atoms with Gasteiger partial charge in [0.1, 0.15) is 5.75 Å². The second-order valence-corrected chi connectivity index (χ2v) is 7.98. The first-order valence-corrected chi connectivity index (χ1v) is 8.24. The number of halogens is 1. The molecule has 1 amide bonds. The monoisotopic (exact) mass is 312 g/mol. The molecular formula is C12H25ClN2O3S.